The maximum absolute atomic E-state index is 12.5. The fourth-order valence-corrected chi connectivity index (χ4v) is 2.53. The third-order valence-electron chi connectivity index (χ3n) is 3.74. The Morgan fingerprint density at radius 2 is 1.65 bits per heavy atom. The second-order valence-electron chi connectivity index (χ2n) is 5.37. The van der Waals surface area contributed by atoms with Gasteiger partial charge in [0.25, 0.3) is 5.91 Å². The minimum Gasteiger partial charge on any atom is -0.464 e. The van der Waals surface area contributed by atoms with Gasteiger partial charge in [0.15, 0.2) is 0 Å². The zero-order valence-corrected chi connectivity index (χ0v) is 13.1. The van der Waals surface area contributed by atoms with Crippen molar-refractivity contribution in [1.82, 2.24) is 5.43 Å². The van der Waals surface area contributed by atoms with E-state index < -0.39 is 0 Å². The number of para-hydroxylation sites is 1. The Morgan fingerprint density at radius 1 is 0.913 bits per heavy atom. The number of carbonyl (C=O) groups excluding carboxylic acids is 1. The van der Waals surface area contributed by atoms with Crippen LogP contribution in [0.2, 0.25) is 0 Å². The van der Waals surface area contributed by atoms with Crippen LogP contribution in [0.4, 0.5) is 5.69 Å². The molecule has 0 saturated carbocycles. The Balaban J connectivity index is 1.82. The van der Waals surface area contributed by atoms with Crippen molar-refractivity contribution in [1.29, 1.82) is 0 Å². The molecule has 4 nitrogen and oxygen atoms in total. The van der Waals surface area contributed by atoms with E-state index in [1.54, 1.807) is 18.4 Å². The van der Waals surface area contributed by atoms with Crippen molar-refractivity contribution >= 4 is 11.6 Å². The third-order valence-corrected chi connectivity index (χ3v) is 3.74. The summed E-state index contributed by atoms with van der Waals surface area (Å²) in [7, 11) is 0. The number of benzene rings is 2. The molecule has 0 atom stereocenters. The molecule has 23 heavy (non-hydrogen) atoms. The number of rotatable bonds is 4. The average Bonchev–Trinajstić information content (AvgIpc) is 3.08. The molecule has 4 heteroatoms. The molecule has 0 spiro atoms. The van der Waals surface area contributed by atoms with Crippen molar-refractivity contribution in [3.8, 4) is 11.3 Å². The van der Waals surface area contributed by atoms with Gasteiger partial charge in [0.2, 0.25) is 0 Å². The highest BCUT2D eigenvalue weighted by Crippen LogP contribution is 2.24. The van der Waals surface area contributed by atoms with E-state index in [0.717, 1.165) is 22.4 Å². The molecular formula is C19H18N2O2. The summed E-state index contributed by atoms with van der Waals surface area (Å²) in [5, 5.41) is 0. The van der Waals surface area contributed by atoms with E-state index in [0.29, 0.717) is 11.3 Å². The Bertz CT molecular complexity index is 803. The Hall–Kier alpha value is -3.01. The number of aryl methyl sites for hydroxylation is 2. The van der Waals surface area contributed by atoms with Crippen LogP contribution in [0.3, 0.4) is 0 Å². The number of nitrogens with one attached hydrogen (secondary N) is 2. The lowest BCUT2D eigenvalue weighted by Gasteiger charge is -2.14. The van der Waals surface area contributed by atoms with Crippen molar-refractivity contribution in [2.24, 2.45) is 0 Å². The van der Waals surface area contributed by atoms with Gasteiger partial charge in [-0.2, -0.15) is 0 Å². The van der Waals surface area contributed by atoms with Crippen LogP contribution in [0, 0.1) is 13.8 Å². The number of carbonyl (C=O) groups is 1. The van der Waals surface area contributed by atoms with Crippen LogP contribution < -0.4 is 10.9 Å². The Kier molecular flexibility index (Phi) is 4.15. The predicted octanol–water partition coefficient (Wildman–Crippen LogP) is 4.32. The van der Waals surface area contributed by atoms with E-state index in [1.807, 2.05) is 56.3 Å². The Morgan fingerprint density at radius 3 is 2.35 bits per heavy atom. The molecule has 0 radical (unpaired) electrons. The van der Waals surface area contributed by atoms with Crippen LogP contribution >= 0.6 is 0 Å². The maximum atomic E-state index is 12.5. The smallest absolute Gasteiger partial charge is 0.270 e. The lowest BCUT2D eigenvalue weighted by molar-refractivity contribution is 0.0963. The summed E-state index contributed by atoms with van der Waals surface area (Å²) in [5.74, 6) is 0.461. The van der Waals surface area contributed by atoms with Crippen molar-refractivity contribution in [2.45, 2.75) is 13.8 Å². The molecule has 0 aliphatic carbocycles. The molecule has 0 saturated heterocycles. The zero-order valence-electron chi connectivity index (χ0n) is 13.1. The largest absolute Gasteiger partial charge is 0.464 e. The van der Waals surface area contributed by atoms with Gasteiger partial charge in [0.1, 0.15) is 5.76 Å². The van der Waals surface area contributed by atoms with Crippen molar-refractivity contribution in [2.75, 3.05) is 5.43 Å². The van der Waals surface area contributed by atoms with Gasteiger partial charge in [0.05, 0.1) is 17.5 Å². The fraction of sp³-hybridized carbons (Fsp3) is 0.105. The quantitative estimate of drug-likeness (QED) is 0.706. The number of amides is 1. The number of hydrogen-bond acceptors (Lipinski definition) is 3. The summed E-state index contributed by atoms with van der Waals surface area (Å²) >= 11 is 0. The Labute approximate surface area is 135 Å². The molecule has 0 aliphatic rings. The van der Waals surface area contributed by atoms with Gasteiger partial charge in [-0.15, -0.1) is 0 Å². The first-order valence-electron chi connectivity index (χ1n) is 7.42. The van der Waals surface area contributed by atoms with Gasteiger partial charge >= 0.3 is 0 Å². The molecule has 0 unspecified atom stereocenters. The summed E-state index contributed by atoms with van der Waals surface area (Å²) in [6, 6.07) is 17.0. The van der Waals surface area contributed by atoms with Crippen molar-refractivity contribution < 1.29 is 9.21 Å². The average molecular weight is 306 g/mol. The number of hydrogen-bond donors (Lipinski definition) is 2. The first-order chi connectivity index (χ1) is 11.2. The second-order valence-corrected chi connectivity index (χ2v) is 5.37. The summed E-state index contributed by atoms with van der Waals surface area (Å²) in [6.45, 7) is 4.00. The van der Waals surface area contributed by atoms with Crippen LogP contribution in [0.25, 0.3) is 11.3 Å². The molecule has 3 aromatic rings. The third kappa shape index (κ3) is 3.11. The van der Waals surface area contributed by atoms with Gasteiger partial charge in [-0.1, -0.05) is 36.4 Å². The minimum absolute atomic E-state index is 0.209. The lowest BCUT2D eigenvalue weighted by Crippen LogP contribution is -2.30. The lowest BCUT2D eigenvalue weighted by atomic mass is 10.0. The SMILES string of the molecule is Cc1cccc(C)c1NNC(=O)c1ccccc1-c1ccco1. The highest BCUT2D eigenvalue weighted by Gasteiger charge is 2.14. The van der Waals surface area contributed by atoms with Crippen molar-refractivity contribution in [3.05, 3.63) is 77.6 Å². The second kappa shape index (κ2) is 6.40. The first-order valence-corrected chi connectivity index (χ1v) is 7.42. The maximum Gasteiger partial charge on any atom is 0.270 e. The minimum atomic E-state index is -0.209. The monoisotopic (exact) mass is 306 g/mol. The molecule has 0 aliphatic heterocycles. The van der Waals surface area contributed by atoms with Gasteiger partial charge in [0, 0.05) is 5.56 Å². The highest BCUT2D eigenvalue weighted by molar-refractivity contribution is 6.00. The topological polar surface area (TPSA) is 54.3 Å². The normalized spacial score (nSPS) is 10.3. The van der Waals surface area contributed by atoms with Crippen molar-refractivity contribution in [3.63, 3.8) is 0 Å². The van der Waals surface area contributed by atoms with E-state index in [2.05, 4.69) is 10.9 Å². The van der Waals surface area contributed by atoms with Gasteiger partial charge in [-0.05, 0) is 43.2 Å². The van der Waals surface area contributed by atoms with Crippen LogP contribution in [0.1, 0.15) is 21.5 Å². The van der Waals surface area contributed by atoms with Crippen LogP contribution in [0.5, 0.6) is 0 Å². The fourth-order valence-electron chi connectivity index (χ4n) is 2.53. The van der Waals surface area contributed by atoms with E-state index in [-0.39, 0.29) is 5.91 Å². The molecule has 2 N–H and O–H groups in total. The van der Waals surface area contributed by atoms with Crippen LogP contribution in [-0.4, -0.2) is 5.91 Å². The first kappa shape index (κ1) is 14.9. The molecule has 116 valence electrons. The molecule has 0 bridgehead atoms. The van der Waals surface area contributed by atoms with E-state index in [9.17, 15) is 4.79 Å². The van der Waals surface area contributed by atoms with Crippen LogP contribution in [0.15, 0.2) is 65.3 Å². The number of hydrazine groups is 1. The zero-order chi connectivity index (χ0) is 16.2. The summed E-state index contributed by atoms with van der Waals surface area (Å²) in [4.78, 5) is 12.5. The van der Waals surface area contributed by atoms with Gasteiger partial charge < -0.3 is 4.42 Å². The molecule has 0 fully saturated rings. The molecular weight excluding hydrogens is 288 g/mol. The number of anilines is 1. The van der Waals surface area contributed by atoms with Gasteiger partial charge in [-0.25, -0.2) is 0 Å². The van der Waals surface area contributed by atoms with Gasteiger partial charge in [-0.3, -0.25) is 15.6 Å². The summed E-state index contributed by atoms with van der Waals surface area (Å²) < 4.78 is 5.41. The van der Waals surface area contributed by atoms with E-state index in [1.165, 1.54) is 0 Å². The van der Waals surface area contributed by atoms with Crippen LogP contribution in [-0.2, 0) is 0 Å². The highest BCUT2D eigenvalue weighted by atomic mass is 16.3. The summed E-state index contributed by atoms with van der Waals surface area (Å²) in [6.07, 6.45) is 1.60. The molecule has 3 rings (SSSR count). The number of furan rings is 1. The predicted molar refractivity (Wildman–Crippen MR) is 91.1 cm³/mol. The molecule has 1 aromatic heterocycles. The van der Waals surface area contributed by atoms with E-state index >= 15 is 0 Å². The molecule has 2 aromatic carbocycles. The van der Waals surface area contributed by atoms with E-state index in [4.69, 9.17) is 4.42 Å². The summed E-state index contributed by atoms with van der Waals surface area (Å²) in [5.41, 5.74) is 10.2. The molecule has 1 heterocycles. The molecule has 1 amide bonds. The standard InChI is InChI=1S/C19H18N2O2/c1-13-7-5-8-14(2)18(13)20-21-19(22)16-10-4-3-9-15(16)17-11-6-12-23-17/h3-12,20H,1-2H3,(H,21,22).